The normalized spacial score (nSPS) is 16.3. The lowest BCUT2D eigenvalue weighted by atomic mass is 9.93. The van der Waals surface area contributed by atoms with Gasteiger partial charge in [-0.1, -0.05) is 63.8 Å². The maximum absolute atomic E-state index is 12.5. The quantitative estimate of drug-likeness (QED) is 0.689. The number of carbonyl (C=O) groups excluding carboxylic acids is 1. The summed E-state index contributed by atoms with van der Waals surface area (Å²) in [6.07, 6.45) is 8.77. The molecule has 0 heterocycles. The van der Waals surface area contributed by atoms with Gasteiger partial charge in [0, 0.05) is 11.6 Å². The van der Waals surface area contributed by atoms with Crippen molar-refractivity contribution in [1.29, 1.82) is 0 Å². The van der Waals surface area contributed by atoms with Gasteiger partial charge < -0.3 is 0 Å². The summed E-state index contributed by atoms with van der Waals surface area (Å²) in [5, 5.41) is 0. The second-order valence-electron chi connectivity index (χ2n) is 6.23. The minimum absolute atomic E-state index is 0.269. The lowest BCUT2D eigenvalue weighted by Gasteiger charge is -2.33. The van der Waals surface area contributed by atoms with E-state index in [1.165, 1.54) is 37.7 Å². The summed E-state index contributed by atoms with van der Waals surface area (Å²) in [7, 11) is 0. The Bertz CT molecular complexity index is 431. The molecule has 2 rings (SSSR count). The number of ketones is 1. The minimum Gasteiger partial charge on any atom is -0.293 e. The van der Waals surface area contributed by atoms with Gasteiger partial charge in [-0.3, -0.25) is 9.69 Å². The molecular formula is C19H29NO. The molecule has 1 aliphatic rings. The summed E-state index contributed by atoms with van der Waals surface area (Å²) in [5.41, 5.74) is 2.19. The predicted octanol–water partition coefficient (Wildman–Crippen LogP) is 4.48. The Kier molecular flexibility index (Phi) is 6.44. The second kappa shape index (κ2) is 8.33. The number of benzene rings is 1. The van der Waals surface area contributed by atoms with Crippen LogP contribution >= 0.6 is 0 Å². The maximum Gasteiger partial charge on any atom is 0.176 e. The van der Waals surface area contributed by atoms with Gasteiger partial charge in [0.2, 0.25) is 0 Å². The Labute approximate surface area is 129 Å². The van der Waals surface area contributed by atoms with Crippen LogP contribution in [0, 0.1) is 0 Å². The number of rotatable bonds is 7. The lowest BCUT2D eigenvalue weighted by Crippen LogP contribution is -2.40. The first-order valence-electron chi connectivity index (χ1n) is 8.60. The van der Waals surface area contributed by atoms with E-state index in [1.807, 2.05) is 12.1 Å². The van der Waals surface area contributed by atoms with Crippen LogP contribution in [-0.2, 0) is 6.42 Å². The molecule has 1 aliphatic carbocycles. The molecule has 0 bridgehead atoms. The van der Waals surface area contributed by atoms with Crippen LogP contribution in [0.1, 0.15) is 68.3 Å². The van der Waals surface area contributed by atoms with Gasteiger partial charge in [-0.25, -0.2) is 0 Å². The van der Waals surface area contributed by atoms with Crippen LogP contribution in [0.4, 0.5) is 0 Å². The average molecular weight is 287 g/mol. The Balaban J connectivity index is 1.94. The van der Waals surface area contributed by atoms with Crippen LogP contribution < -0.4 is 0 Å². The van der Waals surface area contributed by atoms with Gasteiger partial charge in [0.15, 0.2) is 5.78 Å². The van der Waals surface area contributed by atoms with E-state index in [9.17, 15) is 4.79 Å². The Hall–Kier alpha value is -1.15. The molecule has 0 radical (unpaired) electrons. The third-order valence-electron chi connectivity index (χ3n) is 4.66. The zero-order chi connectivity index (χ0) is 15.1. The molecule has 0 atom stereocenters. The molecule has 116 valence electrons. The molecule has 0 saturated heterocycles. The molecule has 2 heteroatoms. The third-order valence-corrected chi connectivity index (χ3v) is 4.66. The molecule has 0 aromatic heterocycles. The van der Waals surface area contributed by atoms with Crippen LogP contribution in [0.5, 0.6) is 0 Å². The molecule has 2 nitrogen and oxygen atoms in total. The fraction of sp³-hybridized carbons (Fsp3) is 0.632. The van der Waals surface area contributed by atoms with Gasteiger partial charge in [-0.15, -0.1) is 0 Å². The highest BCUT2D eigenvalue weighted by Crippen LogP contribution is 2.22. The van der Waals surface area contributed by atoms with E-state index in [0.717, 1.165) is 24.9 Å². The van der Waals surface area contributed by atoms with Crippen molar-refractivity contribution in [3.05, 3.63) is 35.4 Å². The molecule has 0 aliphatic heterocycles. The van der Waals surface area contributed by atoms with Gasteiger partial charge in [0.25, 0.3) is 0 Å². The van der Waals surface area contributed by atoms with Crippen LogP contribution in [0.15, 0.2) is 24.3 Å². The van der Waals surface area contributed by atoms with E-state index < -0.39 is 0 Å². The molecule has 0 N–H and O–H groups in total. The average Bonchev–Trinajstić information content (AvgIpc) is 2.54. The van der Waals surface area contributed by atoms with E-state index in [2.05, 4.69) is 30.9 Å². The summed E-state index contributed by atoms with van der Waals surface area (Å²) < 4.78 is 0. The Morgan fingerprint density at radius 3 is 2.33 bits per heavy atom. The van der Waals surface area contributed by atoms with Gasteiger partial charge in [-0.2, -0.15) is 0 Å². The van der Waals surface area contributed by atoms with Crippen LogP contribution in [0.3, 0.4) is 0 Å². The number of nitrogens with zero attached hydrogens (tertiary/aromatic N) is 1. The zero-order valence-corrected chi connectivity index (χ0v) is 13.6. The molecule has 21 heavy (non-hydrogen) atoms. The van der Waals surface area contributed by atoms with Crippen molar-refractivity contribution in [1.82, 2.24) is 4.90 Å². The number of hydrogen-bond donors (Lipinski definition) is 0. The van der Waals surface area contributed by atoms with Crippen molar-refractivity contribution in [3.63, 3.8) is 0 Å². The minimum atomic E-state index is 0.269. The first-order valence-corrected chi connectivity index (χ1v) is 8.60. The molecule has 0 amide bonds. The van der Waals surface area contributed by atoms with E-state index >= 15 is 0 Å². The fourth-order valence-corrected chi connectivity index (χ4v) is 3.37. The maximum atomic E-state index is 12.5. The third kappa shape index (κ3) is 4.67. The molecule has 1 aromatic rings. The first-order chi connectivity index (χ1) is 10.2. The van der Waals surface area contributed by atoms with E-state index in [-0.39, 0.29) is 5.78 Å². The summed E-state index contributed by atoms with van der Waals surface area (Å²) in [5.74, 6) is 0.269. The monoisotopic (exact) mass is 287 g/mol. The van der Waals surface area contributed by atoms with Crippen molar-refractivity contribution in [2.75, 3.05) is 13.1 Å². The summed E-state index contributed by atoms with van der Waals surface area (Å²) in [4.78, 5) is 14.9. The molecule has 1 fully saturated rings. The van der Waals surface area contributed by atoms with E-state index in [4.69, 9.17) is 0 Å². The topological polar surface area (TPSA) is 20.3 Å². The summed E-state index contributed by atoms with van der Waals surface area (Å²) >= 11 is 0. The summed E-state index contributed by atoms with van der Waals surface area (Å²) in [6, 6.07) is 8.83. The van der Waals surface area contributed by atoms with E-state index in [0.29, 0.717) is 12.6 Å². The molecular weight excluding hydrogens is 258 g/mol. The number of aryl methyl sites for hydroxylation is 1. The smallest absolute Gasteiger partial charge is 0.176 e. The standard InChI is InChI=1S/C19H29NO/c1-3-8-16-11-13-17(14-12-16)19(21)15-20(4-2)18-9-6-5-7-10-18/h11-14,18H,3-10,15H2,1-2H3. The van der Waals surface area contributed by atoms with Crippen molar-refractivity contribution in [3.8, 4) is 0 Å². The predicted molar refractivity (Wildman–Crippen MR) is 88.9 cm³/mol. The highest BCUT2D eigenvalue weighted by Gasteiger charge is 2.22. The van der Waals surface area contributed by atoms with Crippen molar-refractivity contribution < 1.29 is 4.79 Å². The first kappa shape index (κ1) is 16.2. The van der Waals surface area contributed by atoms with Crippen molar-refractivity contribution in [2.24, 2.45) is 0 Å². The van der Waals surface area contributed by atoms with Gasteiger partial charge in [-0.05, 0) is 31.4 Å². The largest absolute Gasteiger partial charge is 0.293 e. The second-order valence-corrected chi connectivity index (χ2v) is 6.23. The molecule has 0 spiro atoms. The highest BCUT2D eigenvalue weighted by molar-refractivity contribution is 5.97. The highest BCUT2D eigenvalue weighted by atomic mass is 16.1. The summed E-state index contributed by atoms with van der Waals surface area (Å²) in [6.45, 7) is 5.91. The number of hydrogen-bond acceptors (Lipinski definition) is 2. The fourth-order valence-electron chi connectivity index (χ4n) is 3.37. The lowest BCUT2D eigenvalue weighted by molar-refractivity contribution is 0.0868. The van der Waals surface area contributed by atoms with Gasteiger partial charge >= 0.3 is 0 Å². The van der Waals surface area contributed by atoms with Crippen molar-refractivity contribution in [2.45, 2.75) is 64.8 Å². The van der Waals surface area contributed by atoms with Gasteiger partial charge in [0.1, 0.15) is 0 Å². The van der Waals surface area contributed by atoms with E-state index in [1.54, 1.807) is 0 Å². The van der Waals surface area contributed by atoms with Crippen LogP contribution in [-0.4, -0.2) is 29.8 Å². The zero-order valence-electron chi connectivity index (χ0n) is 13.6. The number of Topliss-reactive ketones (excluding diaryl/α,β-unsaturated/α-hetero) is 1. The SMILES string of the molecule is CCCc1ccc(C(=O)CN(CC)C2CCCCC2)cc1. The Morgan fingerprint density at radius 2 is 1.76 bits per heavy atom. The molecule has 0 unspecified atom stereocenters. The number of carbonyl (C=O) groups is 1. The van der Waals surface area contributed by atoms with Crippen LogP contribution in [0.2, 0.25) is 0 Å². The number of likely N-dealkylation sites (N-methyl/N-ethyl adjacent to an activating group) is 1. The molecule has 1 aromatic carbocycles. The van der Waals surface area contributed by atoms with Crippen LogP contribution in [0.25, 0.3) is 0 Å². The molecule has 1 saturated carbocycles. The Morgan fingerprint density at radius 1 is 1.10 bits per heavy atom. The van der Waals surface area contributed by atoms with Crippen molar-refractivity contribution >= 4 is 5.78 Å². The van der Waals surface area contributed by atoms with Gasteiger partial charge in [0.05, 0.1) is 6.54 Å².